The first-order chi connectivity index (χ1) is 10.3. The van der Waals surface area contributed by atoms with Crippen LogP contribution in [0.5, 0.6) is 0 Å². The topological polar surface area (TPSA) is 31.2 Å². The van der Waals surface area contributed by atoms with Gasteiger partial charge in [0.15, 0.2) is 0 Å². The first kappa shape index (κ1) is 14.2. The number of carbonyl (C=O) groups is 1. The number of hydrogen-bond acceptors (Lipinski definition) is 2. The lowest BCUT2D eigenvalue weighted by Crippen LogP contribution is -2.11. The Morgan fingerprint density at radius 1 is 1.19 bits per heavy atom. The number of aryl methyl sites for hydroxylation is 2. The fourth-order valence-electron chi connectivity index (χ4n) is 3.46. The highest BCUT2D eigenvalue weighted by Gasteiger charge is 2.19. The smallest absolute Gasteiger partial charge is 0.307 e. The molecule has 1 aromatic carbocycles. The fourth-order valence-corrected chi connectivity index (χ4v) is 3.46. The second-order valence-corrected chi connectivity index (χ2v) is 5.71. The van der Waals surface area contributed by atoms with Gasteiger partial charge in [0.1, 0.15) is 0 Å². The molecule has 0 fully saturated rings. The zero-order chi connectivity index (χ0) is 14.7. The summed E-state index contributed by atoms with van der Waals surface area (Å²) in [4.78, 5) is 11.7. The molecule has 1 aliphatic rings. The molecule has 21 heavy (non-hydrogen) atoms. The highest BCUT2D eigenvalue weighted by atomic mass is 16.5. The third-order valence-electron chi connectivity index (χ3n) is 4.38. The number of esters is 1. The Morgan fingerprint density at radius 3 is 2.86 bits per heavy atom. The predicted octanol–water partition coefficient (Wildman–Crippen LogP) is 3.86. The molecular weight excluding hydrogens is 262 g/mol. The van der Waals surface area contributed by atoms with Crippen LogP contribution in [0.15, 0.2) is 24.3 Å². The maximum atomic E-state index is 11.7. The van der Waals surface area contributed by atoms with Crippen molar-refractivity contribution in [3.8, 4) is 0 Å². The van der Waals surface area contributed by atoms with Crippen LogP contribution in [0, 0.1) is 0 Å². The van der Waals surface area contributed by atoms with Gasteiger partial charge in [-0.25, -0.2) is 0 Å². The Balaban J connectivity index is 1.96. The predicted molar refractivity (Wildman–Crippen MR) is 84.4 cm³/mol. The number of para-hydroxylation sites is 1. The molecule has 1 aliphatic carbocycles. The second-order valence-electron chi connectivity index (χ2n) is 5.71. The molecule has 0 atom stereocenters. The summed E-state index contributed by atoms with van der Waals surface area (Å²) in [5.74, 6) is -0.0994. The van der Waals surface area contributed by atoms with E-state index >= 15 is 0 Å². The lowest BCUT2D eigenvalue weighted by molar-refractivity contribution is -0.143. The van der Waals surface area contributed by atoms with Crippen molar-refractivity contribution in [2.24, 2.45) is 0 Å². The van der Waals surface area contributed by atoms with Crippen LogP contribution in [0.1, 0.15) is 43.9 Å². The average molecular weight is 285 g/mol. The first-order valence-corrected chi connectivity index (χ1v) is 8.06. The summed E-state index contributed by atoms with van der Waals surface area (Å²) < 4.78 is 7.42. The summed E-state index contributed by atoms with van der Waals surface area (Å²) in [5.41, 5.74) is 4.22. The zero-order valence-electron chi connectivity index (χ0n) is 12.7. The van der Waals surface area contributed by atoms with Gasteiger partial charge in [-0.1, -0.05) is 24.6 Å². The Morgan fingerprint density at radius 2 is 2.00 bits per heavy atom. The third kappa shape index (κ3) is 2.82. The molecule has 0 unspecified atom stereocenters. The van der Waals surface area contributed by atoms with Gasteiger partial charge in [0, 0.05) is 23.1 Å². The summed E-state index contributed by atoms with van der Waals surface area (Å²) in [6.45, 7) is 3.05. The molecule has 0 bridgehead atoms. The normalized spacial score (nSPS) is 14.7. The minimum Gasteiger partial charge on any atom is -0.466 e. The van der Waals surface area contributed by atoms with E-state index in [0.717, 1.165) is 13.0 Å². The van der Waals surface area contributed by atoms with Crippen LogP contribution < -0.4 is 0 Å². The summed E-state index contributed by atoms with van der Waals surface area (Å²) in [5, 5.41) is 1.37. The summed E-state index contributed by atoms with van der Waals surface area (Å²) in [7, 11) is 0. The Labute approximate surface area is 125 Å². The fraction of sp³-hybridized carbons (Fsp3) is 0.500. The van der Waals surface area contributed by atoms with Crippen molar-refractivity contribution in [1.29, 1.82) is 0 Å². The van der Waals surface area contributed by atoms with Gasteiger partial charge in [-0.3, -0.25) is 4.79 Å². The van der Waals surface area contributed by atoms with Crippen LogP contribution in [0.3, 0.4) is 0 Å². The molecule has 3 rings (SSSR count). The number of ether oxygens (including phenoxy) is 1. The van der Waals surface area contributed by atoms with E-state index in [1.54, 1.807) is 0 Å². The molecule has 2 aromatic rings. The van der Waals surface area contributed by atoms with Crippen LogP contribution in [-0.4, -0.2) is 17.1 Å². The first-order valence-electron chi connectivity index (χ1n) is 8.06. The van der Waals surface area contributed by atoms with Crippen molar-refractivity contribution in [2.45, 2.75) is 52.0 Å². The number of carbonyl (C=O) groups excluding carboxylic acids is 1. The van der Waals surface area contributed by atoms with E-state index < -0.39 is 0 Å². The van der Waals surface area contributed by atoms with Gasteiger partial charge >= 0.3 is 5.97 Å². The van der Waals surface area contributed by atoms with Crippen molar-refractivity contribution >= 4 is 16.9 Å². The molecule has 0 saturated carbocycles. The molecule has 0 aliphatic heterocycles. The molecule has 1 aromatic heterocycles. The highest BCUT2D eigenvalue weighted by Crippen LogP contribution is 2.31. The van der Waals surface area contributed by atoms with Gasteiger partial charge in [0.05, 0.1) is 13.0 Å². The van der Waals surface area contributed by atoms with Gasteiger partial charge in [-0.05, 0) is 44.2 Å². The zero-order valence-corrected chi connectivity index (χ0v) is 12.7. The molecule has 3 nitrogen and oxygen atoms in total. The van der Waals surface area contributed by atoms with Crippen LogP contribution in [-0.2, 0) is 28.9 Å². The quantitative estimate of drug-likeness (QED) is 0.631. The van der Waals surface area contributed by atoms with Crippen molar-refractivity contribution < 1.29 is 9.53 Å². The molecular formula is C18H23NO2. The van der Waals surface area contributed by atoms with Gasteiger partial charge < -0.3 is 9.30 Å². The van der Waals surface area contributed by atoms with E-state index in [0.29, 0.717) is 13.0 Å². The maximum absolute atomic E-state index is 11.7. The molecule has 0 spiro atoms. The van der Waals surface area contributed by atoms with E-state index in [1.807, 2.05) is 6.92 Å². The average Bonchev–Trinajstić information content (AvgIpc) is 2.65. The molecule has 0 saturated heterocycles. The van der Waals surface area contributed by atoms with Crippen LogP contribution in [0.25, 0.3) is 10.9 Å². The van der Waals surface area contributed by atoms with E-state index in [9.17, 15) is 4.79 Å². The molecule has 3 heteroatoms. The molecule has 112 valence electrons. The Hall–Kier alpha value is -1.77. The third-order valence-corrected chi connectivity index (χ3v) is 4.38. The van der Waals surface area contributed by atoms with Gasteiger partial charge in [0.25, 0.3) is 0 Å². The maximum Gasteiger partial charge on any atom is 0.307 e. The van der Waals surface area contributed by atoms with Gasteiger partial charge in [-0.15, -0.1) is 0 Å². The lowest BCUT2D eigenvalue weighted by atomic mass is 10.1. The number of rotatable bonds is 4. The number of aromatic nitrogens is 1. The number of fused-ring (bicyclic) bond motifs is 3. The van der Waals surface area contributed by atoms with E-state index in [2.05, 4.69) is 28.8 Å². The second kappa shape index (κ2) is 6.33. The van der Waals surface area contributed by atoms with E-state index in [4.69, 9.17) is 4.74 Å². The SMILES string of the molecule is CCOC(=O)CCn1c2c(c3ccccc31)CCCCC2. The van der Waals surface area contributed by atoms with Crippen molar-refractivity contribution in [1.82, 2.24) is 4.57 Å². The van der Waals surface area contributed by atoms with E-state index in [-0.39, 0.29) is 5.97 Å². The monoisotopic (exact) mass is 285 g/mol. The van der Waals surface area contributed by atoms with Crippen molar-refractivity contribution in [3.63, 3.8) is 0 Å². The molecule has 1 heterocycles. The number of hydrogen-bond donors (Lipinski definition) is 0. The summed E-state index contributed by atoms with van der Waals surface area (Å²) in [6, 6.07) is 8.60. The van der Waals surface area contributed by atoms with E-state index in [1.165, 1.54) is 47.8 Å². The van der Waals surface area contributed by atoms with Gasteiger partial charge in [0.2, 0.25) is 0 Å². The summed E-state index contributed by atoms with van der Waals surface area (Å²) in [6.07, 6.45) is 6.59. The minimum atomic E-state index is -0.0994. The largest absolute Gasteiger partial charge is 0.466 e. The van der Waals surface area contributed by atoms with Gasteiger partial charge in [-0.2, -0.15) is 0 Å². The molecule has 0 N–H and O–H groups in total. The minimum absolute atomic E-state index is 0.0994. The lowest BCUT2D eigenvalue weighted by Gasteiger charge is -2.10. The molecule has 0 radical (unpaired) electrons. The summed E-state index contributed by atoms with van der Waals surface area (Å²) >= 11 is 0. The Kier molecular flexibility index (Phi) is 4.28. The standard InChI is InChI=1S/C18H23NO2/c1-2-21-18(20)12-13-19-16-10-5-3-4-8-14(16)15-9-6-7-11-17(15)19/h6-7,9,11H,2-5,8,10,12-13H2,1H3. The number of nitrogens with zero attached hydrogens (tertiary/aromatic N) is 1. The molecule has 0 amide bonds. The van der Waals surface area contributed by atoms with Crippen molar-refractivity contribution in [3.05, 3.63) is 35.5 Å². The number of benzene rings is 1. The Bertz CT molecular complexity index is 642. The highest BCUT2D eigenvalue weighted by molar-refractivity contribution is 5.86. The van der Waals surface area contributed by atoms with Crippen LogP contribution in [0.2, 0.25) is 0 Å². The van der Waals surface area contributed by atoms with Crippen LogP contribution in [0.4, 0.5) is 0 Å². The van der Waals surface area contributed by atoms with Crippen molar-refractivity contribution in [2.75, 3.05) is 6.61 Å². The van der Waals surface area contributed by atoms with Crippen LogP contribution >= 0.6 is 0 Å².